The highest BCUT2D eigenvalue weighted by Gasteiger charge is 2.27. The molecule has 1 aliphatic rings. The summed E-state index contributed by atoms with van der Waals surface area (Å²) < 4.78 is 7.06. The number of para-hydroxylation sites is 1. The number of ether oxygens (including phenoxy) is 1. The second-order valence-electron chi connectivity index (χ2n) is 8.27. The number of benzene rings is 3. The molecular formula is C27H24Cl2N4O2. The summed E-state index contributed by atoms with van der Waals surface area (Å²) in [5.41, 5.74) is 3.82. The fraction of sp³-hybridized carbons (Fsp3) is 0.185. The van der Waals surface area contributed by atoms with E-state index in [1.54, 1.807) is 23.9 Å². The van der Waals surface area contributed by atoms with E-state index < -0.39 is 0 Å². The quantitative estimate of drug-likeness (QED) is 0.342. The average Bonchev–Trinajstić information content (AvgIpc) is 3.35. The second-order valence-corrected chi connectivity index (χ2v) is 9.11. The van der Waals surface area contributed by atoms with Crippen LogP contribution in [0.3, 0.4) is 0 Å². The number of anilines is 1. The number of nitrogens with zero attached hydrogens (tertiary/aromatic N) is 4. The molecule has 178 valence electrons. The number of halogens is 2. The molecule has 2 heterocycles. The van der Waals surface area contributed by atoms with Crippen LogP contribution in [-0.4, -0.2) is 53.9 Å². The third-order valence-electron chi connectivity index (χ3n) is 6.13. The monoisotopic (exact) mass is 506 g/mol. The Morgan fingerprint density at radius 3 is 2.34 bits per heavy atom. The van der Waals surface area contributed by atoms with Gasteiger partial charge in [0.2, 0.25) is 0 Å². The highest BCUT2D eigenvalue weighted by atomic mass is 35.5. The molecule has 3 aromatic carbocycles. The summed E-state index contributed by atoms with van der Waals surface area (Å²) >= 11 is 12.5. The maximum absolute atomic E-state index is 13.7. The summed E-state index contributed by atoms with van der Waals surface area (Å²) in [5, 5.41) is 6.13. The van der Waals surface area contributed by atoms with Crippen molar-refractivity contribution in [3.8, 4) is 22.7 Å². The van der Waals surface area contributed by atoms with Crippen molar-refractivity contribution in [2.45, 2.75) is 0 Å². The molecule has 0 saturated carbocycles. The van der Waals surface area contributed by atoms with Crippen molar-refractivity contribution in [2.24, 2.45) is 0 Å². The number of rotatable bonds is 5. The van der Waals surface area contributed by atoms with Gasteiger partial charge < -0.3 is 14.5 Å². The zero-order valence-corrected chi connectivity index (χ0v) is 20.7. The molecule has 1 aliphatic heterocycles. The van der Waals surface area contributed by atoms with E-state index in [2.05, 4.69) is 4.90 Å². The van der Waals surface area contributed by atoms with Crippen molar-refractivity contribution in [3.63, 3.8) is 0 Å². The van der Waals surface area contributed by atoms with Crippen molar-refractivity contribution in [1.29, 1.82) is 0 Å². The number of aromatic nitrogens is 2. The normalized spacial score (nSPS) is 13.7. The van der Waals surface area contributed by atoms with E-state index in [1.165, 1.54) is 0 Å². The van der Waals surface area contributed by atoms with E-state index in [0.29, 0.717) is 42.6 Å². The third-order valence-corrected chi connectivity index (χ3v) is 6.70. The van der Waals surface area contributed by atoms with Gasteiger partial charge >= 0.3 is 0 Å². The summed E-state index contributed by atoms with van der Waals surface area (Å²) in [7, 11) is 1.63. The Balaban J connectivity index is 1.45. The van der Waals surface area contributed by atoms with E-state index >= 15 is 0 Å². The van der Waals surface area contributed by atoms with Gasteiger partial charge in [0.05, 0.1) is 29.2 Å². The highest BCUT2D eigenvalue weighted by molar-refractivity contribution is 6.33. The molecule has 8 heteroatoms. The van der Waals surface area contributed by atoms with E-state index in [1.807, 2.05) is 71.6 Å². The number of piperazine rings is 1. The first-order valence-corrected chi connectivity index (χ1v) is 12.1. The maximum atomic E-state index is 13.7. The van der Waals surface area contributed by atoms with E-state index in [0.717, 1.165) is 27.7 Å². The van der Waals surface area contributed by atoms with Gasteiger partial charge in [-0.25, -0.2) is 4.68 Å². The lowest BCUT2D eigenvalue weighted by Crippen LogP contribution is -2.49. The molecule has 0 radical (unpaired) electrons. The Kier molecular flexibility index (Phi) is 6.66. The van der Waals surface area contributed by atoms with Crippen LogP contribution in [0.1, 0.15) is 10.5 Å². The summed E-state index contributed by atoms with van der Waals surface area (Å²) in [4.78, 5) is 17.8. The molecule has 1 fully saturated rings. The van der Waals surface area contributed by atoms with E-state index in [-0.39, 0.29) is 5.91 Å². The molecule has 0 atom stereocenters. The van der Waals surface area contributed by atoms with Crippen LogP contribution in [0.4, 0.5) is 5.69 Å². The van der Waals surface area contributed by atoms with Crippen LogP contribution in [0.2, 0.25) is 10.0 Å². The minimum atomic E-state index is -0.0691. The van der Waals surface area contributed by atoms with E-state index in [9.17, 15) is 4.79 Å². The summed E-state index contributed by atoms with van der Waals surface area (Å²) in [6.45, 7) is 2.58. The van der Waals surface area contributed by atoms with Crippen molar-refractivity contribution in [3.05, 3.63) is 94.6 Å². The highest BCUT2D eigenvalue weighted by Crippen LogP contribution is 2.28. The maximum Gasteiger partial charge on any atom is 0.272 e. The molecule has 0 aliphatic carbocycles. The first-order chi connectivity index (χ1) is 17.0. The zero-order valence-electron chi connectivity index (χ0n) is 19.2. The number of hydrogen-bond donors (Lipinski definition) is 0. The van der Waals surface area contributed by atoms with Crippen LogP contribution in [0.5, 0.6) is 5.75 Å². The van der Waals surface area contributed by atoms with Crippen LogP contribution >= 0.6 is 23.2 Å². The number of amides is 1. The molecular weight excluding hydrogens is 483 g/mol. The zero-order chi connectivity index (χ0) is 24.4. The van der Waals surface area contributed by atoms with Crippen LogP contribution in [-0.2, 0) is 0 Å². The Morgan fingerprint density at radius 1 is 0.886 bits per heavy atom. The van der Waals surface area contributed by atoms with Crippen molar-refractivity contribution in [1.82, 2.24) is 14.7 Å². The summed E-state index contributed by atoms with van der Waals surface area (Å²) in [5.74, 6) is 0.660. The number of hydrogen-bond acceptors (Lipinski definition) is 4. The molecule has 0 unspecified atom stereocenters. The first-order valence-electron chi connectivity index (χ1n) is 11.3. The predicted octanol–water partition coefficient (Wildman–Crippen LogP) is 5.82. The van der Waals surface area contributed by atoms with Crippen molar-refractivity contribution < 1.29 is 9.53 Å². The van der Waals surface area contributed by atoms with Gasteiger partial charge in [-0.1, -0.05) is 47.5 Å². The molecule has 5 rings (SSSR count). The lowest BCUT2D eigenvalue weighted by atomic mass is 10.1. The largest absolute Gasteiger partial charge is 0.497 e. The Morgan fingerprint density at radius 2 is 1.63 bits per heavy atom. The van der Waals surface area contributed by atoms with Crippen LogP contribution in [0, 0.1) is 0 Å². The summed E-state index contributed by atoms with van der Waals surface area (Å²) in [6.07, 6.45) is 0. The minimum Gasteiger partial charge on any atom is -0.497 e. The number of carbonyl (C=O) groups is 1. The molecule has 6 nitrogen and oxygen atoms in total. The fourth-order valence-electron chi connectivity index (χ4n) is 4.26. The molecule has 1 amide bonds. The van der Waals surface area contributed by atoms with Gasteiger partial charge in [-0.15, -0.1) is 0 Å². The van der Waals surface area contributed by atoms with Crippen LogP contribution < -0.4 is 9.64 Å². The minimum absolute atomic E-state index is 0.0691. The Hall–Kier alpha value is -3.48. The standard InChI is InChI=1S/C27H24Cl2N4O2/c1-35-22-6-4-5-19(17-22)24-18-26(33(30-24)21-11-9-20(28)10-12-21)27(34)32-15-13-31(14-16-32)25-8-3-2-7-23(25)29/h2-12,17-18H,13-16H2,1H3. The van der Waals surface area contributed by atoms with Crippen LogP contribution in [0.15, 0.2) is 78.9 Å². The van der Waals surface area contributed by atoms with Crippen molar-refractivity contribution >= 4 is 34.8 Å². The predicted molar refractivity (Wildman–Crippen MR) is 140 cm³/mol. The molecule has 1 saturated heterocycles. The third kappa shape index (κ3) is 4.85. The number of methoxy groups -OCH3 is 1. The van der Waals surface area contributed by atoms with E-state index in [4.69, 9.17) is 33.0 Å². The lowest BCUT2D eigenvalue weighted by molar-refractivity contribution is 0.0737. The van der Waals surface area contributed by atoms with Gasteiger partial charge in [-0.3, -0.25) is 4.79 Å². The van der Waals surface area contributed by atoms with Gasteiger partial charge in [0.1, 0.15) is 11.4 Å². The van der Waals surface area contributed by atoms with Gasteiger partial charge in [0.25, 0.3) is 5.91 Å². The summed E-state index contributed by atoms with van der Waals surface area (Å²) in [6, 6.07) is 24.6. The van der Waals surface area contributed by atoms with Gasteiger partial charge in [-0.2, -0.15) is 5.10 Å². The van der Waals surface area contributed by atoms with Gasteiger partial charge in [-0.05, 0) is 54.6 Å². The number of carbonyl (C=O) groups excluding carboxylic acids is 1. The Bertz CT molecular complexity index is 1350. The second kappa shape index (κ2) is 10.0. The molecule has 4 aromatic rings. The smallest absolute Gasteiger partial charge is 0.272 e. The van der Waals surface area contributed by atoms with Gasteiger partial charge in [0, 0.05) is 36.8 Å². The molecule has 0 spiro atoms. The molecule has 1 aromatic heterocycles. The fourth-order valence-corrected chi connectivity index (χ4v) is 4.64. The average molecular weight is 507 g/mol. The van der Waals surface area contributed by atoms with Crippen molar-refractivity contribution in [2.75, 3.05) is 38.2 Å². The molecule has 0 N–H and O–H groups in total. The first kappa shape index (κ1) is 23.3. The SMILES string of the molecule is COc1cccc(-c2cc(C(=O)N3CCN(c4ccccc4Cl)CC3)n(-c3ccc(Cl)cc3)n2)c1. The Labute approximate surface area is 214 Å². The topological polar surface area (TPSA) is 50.6 Å². The molecule has 0 bridgehead atoms. The lowest BCUT2D eigenvalue weighted by Gasteiger charge is -2.36. The van der Waals surface area contributed by atoms with Crippen LogP contribution in [0.25, 0.3) is 16.9 Å². The van der Waals surface area contributed by atoms with Gasteiger partial charge in [0.15, 0.2) is 0 Å². The molecule has 35 heavy (non-hydrogen) atoms.